The predicted molar refractivity (Wildman–Crippen MR) is 125 cm³/mol. The molecule has 31 heavy (non-hydrogen) atoms. The first-order valence-electron chi connectivity index (χ1n) is 11.1. The van der Waals surface area contributed by atoms with Crippen LogP contribution in [0.15, 0.2) is 48.5 Å². The van der Waals surface area contributed by atoms with Gasteiger partial charge >= 0.3 is 0 Å². The summed E-state index contributed by atoms with van der Waals surface area (Å²) in [6.45, 7) is 0.760. The van der Waals surface area contributed by atoms with Crippen LogP contribution < -0.4 is 15.4 Å². The predicted octanol–water partition coefficient (Wildman–Crippen LogP) is 4.93. The van der Waals surface area contributed by atoms with E-state index in [1.807, 2.05) is 12.1 Å². The second-order valence-corrected chi connectivity index (χ2v) is 8.16. The summed E-state index contributed by atoms with van der Waals surface area (Å²) in [4.78, 5) is 27.2. The van der Waals surface area contributed by atoms with Crippen molar-refractivity contribution in [2.24, 2.45) is 0 Å². The Morgan fingerprint density at radius 1 is 0.968 bits per heavy atom. The van der Waals surface area contributed by atoms with E-state index in [-0.39, 0.29) is 11.8 Å². The van der Waals surface area contributed by atoms with Crippen LogP contribution in [0.1, 0.15) is 55.3 Å². The highest BCUT2D eigenvalue weighted by atomic mass is 16.5. The summed E-state index contributed by atoms with van der Waals surface area (Å²) in [6, 6.07) is 14.8. The number of hydrogen-bond acceptors (Lipinski definition) is 4. The third-order valence-electron chi connectivity index (χ3n) is 5.93. The summed E-state index contributed by atoms with van der Waals surface area (Å²) in [7, 11) is 3.69. The molecule has 0 spiro atoms. The van der Waals surface area contributed by atoms with E-state index >= 15 is 0 Å². The fourth-order valence-electron chi connectivity index (χ4n) is 4.03. The van der Waals surface area contributed by atoms with Crippen molar-refractivity contribution in [1.29, 1.82) is 0 Å². The van der Waals surface area contributed by atoms with Crippen molar-refractivity contribution in [3.05, 3.63) is 54.1 Å². The van der Waals surface area contributed by atoms with Gasteiger partial charge in [0.2, 0.25) is 5.91 Å². The van der Waals surface area contributed by atoms with Crippen molar-refractivity contribution in [3.8, 4) is 5.75 Å². The van der Waals surface area contributed by atoms with Crippen molar-refractivity contribution in [1.82, 2.24) is 4.90 Å². The lowest BCUT2D eigenvalue weighted by molar-refractivity contribution is -0.116. The summed E-state index contributed by atoms with van der Waals surface area (Å²) >= 11 is 0. The fraction of sp³-hybridized carbons (Fsp3) is 0.440. The van der Waals surface area contributed by atoms with E-state index in [4.69, 9.17) is 4.74 Å². The molecule has 0 atom stereocenters. The monoisotopic (exact) mass is 423 g/mol. The van der Waals surface area contributed by atoms with Gasteiger partial charge in [-0.25, -0.2) is 0 Å². The average Bonchev–Trinajstić information content (AvgIpc) is 3.08. The van der Waals surface area contributed by atoms with Gasteiger partial charge in [-0.15, -0.1) is 0 Å². The zero-order valence-corrected chi connectivity index (χ0v) is 18.5. The number of carbonyl (C=O) groups excluding carboxylic acids is 2. The number of methoxy groups -OCH3 is 1. The average molecular weight is 424 g/mol. The zero-order chi connectivity index (χ0) is 22.1. The number of carbonyl (C=O) groups is 2. The van der Waals surface area contributed by atoms with Crippen LogP contribution in [-0.4, -0.2) is 43.5 Å². The molecule has 0 aliphatic heterocycles. The maximum absolute atomic E-state index is 12.5. The molecule has 3 rings (SSSR count). The number of rotatable bonds is 8. The number of amides is 2. The Kier molecular flexibility index (Phi) is 8.47. The first kappa shape index (κ1) is 22.8. The molecule has 1 fully saturated rings. The van der Waals surface area contributed by atoms with E-state index in [9.17, 15) is 9.59 Å². The van der Waals surface area contributed by atoms with Gasteiger partial charge in [0.05, 0.1) is 12.8 Å². The number of nitrogens with one attached hydrogen (secondary N) is 2. The second kappa shape index (κ2) is 11.5. The van der Waals surface area contributed by atoms with Crippen LogP contribution >= 0.6 is 0 Å². The molecule has 0 aromatic heterocycles. The Bertz CT molecular complexity index is 859. The molecule has 2 amide bonds. The third kappa shape index (κ3) is 6.82. The summed E-state index contributed by atoms with van der Waals surface area (Å²) in [6.07, 6.45) is 8.17. The number of hydrogen-bond donors (Lipinski definition) is 2. The smallest absolute Gasteiger partial charge is 0.255 e. The first-order valence-corrected chi connectivity index (χ1v) is 11.1. The number of nitrogens with zero attached hydrogens (tertiary/aromatic N) is 1. The molecular formula is C25H33N3O3. The van der Waals surface area contributed by atoms with E-state index in [2.05, 4.69) is 22.6 Å². The largest absolute Gasteiger partial charge is 0.495 e. The number of para-hydroxylation sites is 2. The van der Waals surface area contributed by atoms with Crippen molar-refractivity contribution in [3.63, 3.8) is 0 Å². The molecule has 0 unspecified atom stereocenters. The minimum Gasteiger partial charge on any atom is -0.495 e. The molecule has 2 N–H and O–H groups in total. The van der Waals surface area contributed by atoms with Gasteiger partial charge in [-0.05, 0) is 56.3 Å². The lowest BCUT2D eigenvalue weighted by atomic mass is 10.1. The molecule has 6 heteroatoms. The lowest BCUT2D eigenvalue weighted by Crippen LogP contribution is -2.33. The molecule has 0 bridgehead atoms. The van der Waals surface area contributed by atoms with Crippen LogP contribution in [0.3, 0.4) is 0 Å². The van der Waals surface area contributed by atoms with E-state index in [1.54, 1.807) is 43.5 Å². The Morgan fingerprint density at radius 3 is 2.32 bits per heavy atom. The fourth-order valence-corrected chi connectivity index (χ4v) is 4.03. The first-order chi connectivity index (χ1) is 15.1. The minimum atomic E-state index is -0.229. The number of ether oxygens (including phenoxy) is 1. The van der Waals surface area contributed by atoms with Crippen molar-refractivity contribution >= 4 is 23.2 Å². The number of anilines is 2. The molecule has 0 heterocycles. The Hall–Kier alpha value is -2.86. The Balaban J connectivity index is 1.48. The van der Waals surface area contributed by atoms with E-state index in [0.29, 0.717) is 35.2 Å². The minimum absolute atomic E-state index is 0.00769. The summed E-state index contributed by atoms with van der Waals surface area (Å²) in [5.74, 6) is 0.368. The summed E-state index contributed by atoms with van der Waals surface area (Å²) in [5.41, 5.74) is 1.82. The topological polar surface area (TPSA) is 70.7 Å². The molecular weight excluding hydrogens is 390 g/mol. The molecule has 6 nitrogen and oxygen atoms in total. The molecule has 0 saturated heterocycles. The second-order valence-electron chi connectivity index (χ2n) is 8.16. The molecule has 166 valence electrons. The Morgan fingerprint density at radius 2 is 1.65 bits per heavy atom. The molecule has 0 radical (unpaired) electrons. The SMILES string of the molecule is COc1ccccc1NC(=O)c1ccc(NC(=O)CCN(C)C2CCCCCC2)cc1. The van der Waals surface area contributed by atoms with Gasteiger partial charge < -0.3 is 20.3 Å². The number of benzene rings is 2. The summed E-state index contributed by atoms with van der Waals surface area (Å²) in [5, 5.41) is 5.78. The molecule has 2 aromatic rings. The van der Waals surface area contributed by atoms with Gasteiger partial charge in [-0.1, -0.05) is 37.8 Å². The van der Waals surface area contributed by atoms with Gasteiger partial charge in [0.15, 0.2) is 0 Å². The van der Waals surface area contributed by atoms with Crippen molar-refractivity contribution in [2.75, 3.05) is 31.3 Å². The lowest BCUT2D eigenvalue weighted by Gasteiger charge is -2.26. The highest BCUT2D eigenvalue weighted by Crippen LogP contribution is 2.24. The van der Waals surface area contributed by atoms with Gasteiger partial charge in [0, 0.05) is 30.3 Å². The third-order valence-corrected chi connectivity index (χ3v) is 5.93. The van der Waals surface area contributed by atoms with Gasteiger partial charge in [0.25, 0.3) is 5.91 Å². The van der Waals surface area contributed by atoms with E-state index < -0.39 is 0 Å². The van der Waals surface area contributed by atoms with Gasteiger partial charge in [-0.2, -0.15) is 0 Å². The van der Waals surface area contributed by atoms with Crippen molar-refractivity contribution in [2.45, 2.75) is 51.0 Å². The quantitative estimate of drug-likeness (QED) is 0.591. The zero-order valence-electron chi connectivity index (χ0n) is 18.5. The molecule has 2 aromatic carbocycles. The highest BCUT2D eigenvalue weighted by Gasteiger charge is 2.17. The van der Waals surface area contributed by atoms with Crippen LogP contribution in [0.2, 0.25) is 0 Å². The van der Waals surface area contributed by atoms with Crippen LogP contribution in [-0.2, 0) is 4.79 Å². The normalized spacial score (nSPS) is 14.7. The maximum atomic E-state index is 12.5. The van der Waals surface area contributed by atoms with E-state index in [1.165, 1.54) is 38.5 Å². The van der Waals surface area contributed by atoms with Crippen LogP contribution in [0.4, 0.5) is 11.4 Å². The standard InChI is InChI=1S/C25H33N3O3/c1-28(21-9-5-3-4-6-10-21)18-17-24(29)26-20-15-13-19(14-16-20)25(30)27-22-11-7-8-12-23(22)31-2/h7-8,11-16,21H,3-6,9-10,17-18H2,1-2H3,(H,26,29)(H,27,30). The Labute approximate surface area is 185 Å². The van der Waals surface area contributed by atoms with Gasteiger partial charge in [-0.3, -0.25) is 9.59 Å². The van der Waals surface area contributed by atoms with Crippen LogP contribution in [0, 0.1) is 0 Å². The van der Waals surface area contributed by atoms with Crippen LogP contribution in [0.25, 0.3) is 0 Å². The van der Waals surface area contributed by atoms with Crippen molar-refractivity contribution < 1.29 is 14.3 Å². The maximum Gasteiger partial charge on any atom is 0.255 e. The van der Waals surface area contributed by atoms with E-state index in [0.717, 1.165) is 6.54 Å². The molecule has 1 saturated carbocycles. The molecule has 1 aliphatic rings. The van der Waals surface area contributed by atoms with Crippen LogP contribution in [0.5, 0.6) is 5.75 Å². The highest BCUT2D eigenvalue weighted by molar-refractivity contribution is 6.05. The molecule has 1 aliphatic carbocycles. The van der Waals surface area contributed by atoms with Gasteiger partial charge in [0.1, 0.15) is 5.75 Å². The summed E-state index contributed by atoms with van der Waals surface area (Å²) < 4.78 is 5.26.